The highest BCUT2D eigenvalue weighted by molar-refractivity contribution is 6.09. The van der Waals surface area contributed by atoms with Crippen LogP contribution in [0, 0.1) is 6.92 Å². The molecular weight excluding hydrogens is 230 g/mol. The number of para-hydroxylation sites is 1. The Labute approximate surface area is 113 Å². The van der Waals surface area contributed by atoms with Crippen molar-refractivity contribution in [1.82, 2.24) is 4.98 Å². The van der Waals surface area contributed by atoms with Crippen LogP contribution in [-0.4, -0.2) is 4.98 Å². The Hall–Kier alpha value is -1.76. The van der Waals surface area contributed by atoms with Gasteiger partial charge in [0, 0.05) is 16.3 Å². The van der Waals surface area contributed by atoms with Gasteiger partial charge in [-0.05, 0) is 60.9 Å². The van der Waals surface area contributed by atoms with Crippen LogP contribution in [-0.2, 0) is 6.42 Å². The summed E-state index contributed by atoms with van der Waals surface area (Å²) in [7, 11) is 0. The number of aryl methyl sites for hydroxylation is 1. The molecule has 96 valence electrons. The first-order valence-electron chi connectivity index (χ1n) is 7.28. The lowest BCUT2D eigenvalue weighted by Crippen LogP contribution is -2.09. The molecule has 2 aromatic carbocycles. The van der Waals surface area contributed by atoms with E-state index in [9.17, 15) is 0 Å². The third-order valence-corrected chi connectivity index (χ3v) is 4.73. The minimum absolute atomic E-state index is 0.680. The van der Waals surface area contributed by atoms with E-state index >= 15 is 0 Å². The topological polar surface area (TPSA) is 15.8 Å². The summed E-state index contributed by atoms with van der Waals surface area (Å²) in [6, 6.07) is 11.0. The minimum atomic E-state index is 0.680. The van der Waals surface area contributed by atoms with Crippen LogP contribution in [0.15, 0.2) is 30.3 Å². The zero-order valence-corrected chi connectivity index (χ0v) is 11.6. The highest BCUT2D eigenvalue weighted by Gasteiger charge is 2.22. The average molecular weight is 249 g/mol. The number of nitrogens with one attached hydrogen (secondary N) is 1. The second-order valence-corrected chi connectivity index (χ2v) is 5.97. The predicted octanol–water partition coefficient (Wildman–Crippen LogP) is 5.07. The smallest absolute Gasteiger partial charge is 0.0503 e. The Balaban J connectivity index is 2.20. The molecule has 1 heterocycles. The lowest BCUT2D eigenvalue weighted by atomic mass is 9.80. The maximum atomic E-state index is 3.66. The number of fused-ring (bicyclic) bond motifs is 5. The number of H-pyrrole nitrogens is 1. The summed E-state index contributed by atoms with van der Waals surface area (Å²) in [5.74, 6) is 0.680. The van der Waals surface area contributed by atoms with E-state index in [0.29, 0.717) is 5.92 Å². The first kappa shape index (κ1) is 11.1. The number of hydrogen-bond acceptors (Lipinski definition) is 0. The maximum Gasteiger partial charge on any atom is 0.0503 e. The molecule has 1 atom stereocenters. The van der Waals surface area contributed by atoms with Crippen molar-refractivity contribution < 1.29 is 0 Å². The molecule has 0 spiro atoms. The van der Waals surface area contributed by atoms with Gasteiger partial charge in [0.1, 0.15) is 0 Å². The van der Waals surface area contributed by atoms with E-state index in [2.05, 4.69) is 49.2 Å². The summed E-state index contributed by atoms with van der Waals surface area (Å²) in [6.45, 7) is 4.65. The Morgan fingerprint density at radius 1 is 1.16 bits per heavy atom. The van der Waals surface area contributed by atoms with Gasteiger partial charge in [-0.3, -0.25) is 0 Å². The summed E-state index contributed by atoms with van der Waals surface area (Å²) in [5.41, 5.74) is 7.30. The second-order valence-electron chi connectivity index (χ2n) is 5.97. The Bertz CT molecular complexity index is 779. The van der Waals surface area contributed by atoms with Gasteiger partial charge in [0.15, 0.2) is 0 Å². The minimum Gasteiger partial charge on any atom is -0.354 e. The van der Waals surface area contributed by atoms with Gasteiger partial charge in [-0.1, -0.05) is 25.1 Å². The molecule has 1 aromatic heterocycles. The van der Waals surface area contributed by atoms with Gasteiger partial charge in [-0.2, -0.15) is 0 Å². The molecule has 0 unspecified atom stereocenters. The zero-order chi connectivity index (χ0) is 13.0. The Morgan fingerprint density at radius 3 is 2.89 bits per heavy atom. The molecule has 3 aromatic rings. The van der Waals surface area contributed by atoms with E-state index < -0.39 is 0 Å². The van der Waals surface area contributed by atoms with Crippen molar-refractivity contribution in [2.24, 2.45) is 0 Å². The van der Waals surface area contributed by atoms with Crippen LogP contribution in [0.3, 0.4) is 0 Å². The molecule has 0 radical (unpaired) electrons. The summed E-state index contributed by atoms with van der Waals surface area (Å²) in [5, 5.41) is 2.77. The van der Waals surface area contributed by atoms with Crippen LogP contribution >= 0.6 is 0 Å². The number of aromatic amines is 1. The van der Waals surface area contributed by atoms with E-state index in [0.717, 1.165) is 0 Å². The number of rotatable bonds is 0. The fourth-order valence-corrected chi connectivity index (χ4v) is 3.80. The normalized spacial score (nSPS) is 18.9. The number of benzene rings is 2. The molecule has 4 rings (SSSR count). The van der Waals surface area contributed by atoms with Crippen molar-refractivity contribution >= 4 is 21.8 Å². The van der Waals surface area contributed by atoms with Crippen LogP contribution in [0.5, 0.6) is 0 Å². The van der Waals surface area contributed by atoms with Crippen LogP contribution in [0.25, 0.3) is 21.8 Å². The van der Waals surface area contributed by atoms with Crippen molar-refractivity contribution in [2.45, 2.75) is 39.0 Å². The van der Waals surface area contributed by atoms with E-state index in [4.69, 9.17) is 0 Å². The standard InChI is InChI=1S/C18H19N/c1-11-6-5-8-13-12(2)10-15-14-7-3-4-9-16(14)19-18(15)17(11)13/h3-4,7,9-11,19H,5-6,8H2,1-2H3/t11-/m0/s1. The van der Waals surface area contributed by atoms with E-state index in [-0.39, 0.29) is 0 Å². The molecule has 0 bridgehead atoms. The van der Waals surface area contributed by atoms with Gasteiger partial charge in [-0.15, -0.1) is 0 Å². The van der Waals surface area contributed by atoms with Crippen LogP contribution in [0.4, 0.5) is 0 Å². The molecule has 19 heavy (non-hydrogen) atoms. The molecular formula is C18H19N. The quantitative estimate of drug-likeness (QED) is 0.572. The Morgan fingerprint density at radius 2 is 2.00 bits per heavy atom. The molecule has 1 heteroatoms. The lowest BCUT2D eigenvalue weighted by molar-refractivity contribution is 0.592. The van der Waals surface area contributed by atoms with Crippen molar-refractivity contribution in [3.8, 4) is 0 Å². The van der Waals surface area contributed by atoms with Crippen molar-refractivity contribution in [1.29, 1.82) is 0 Å². The lowest BCUT2D eigenvalue weighted by Gasteiger charge is -2.25. The summed E-state index contributed by atoms with van der Waals surface area (Å²) >= 11 is 0. The largest absolute Gasteiger partial charge is 0.354 e. The first-order chi connectivity index (χ1) is 9.25. The fraction of sp³-hybridized carbons (Fsp3) is 0.333. The SMILES string of the molecule is Cc1cc2c([nH]c3ccccc32)c2c1CCC[C@@H]2C. The van der Waals surface area contributed by atoms with Crippen molar-refractivity contribution in [3.05, 3.63) is 47.0 Å². The van der Waals surface area contributed by atoms with E-state index in [1.54, 1.807) is 11.1 Å². The highest BCUT2D eigenvalue weighted by Crippen LogP contribution is 2.40. The highest BCUT2D eigenvalue weighted by atomic mass is 14.7. The Kier molecular flexibility index (Phi) is 2.26. The van der Waals surface area contributed by atoms with Crippen LogP contribution < -0.4 is 0 Å². The molecule has 0 amide bonds. The summed E-state index contributed by atoms with van der Waals surface area (Å²) < 4.78 is 0. The number of aromatic nitrogens is 1. The van der Waals surface area contributed by atoms with Gasteiger partial charge in [0.25, 0.3) is 0 Å². The third kappa shape index (κ3) is 1.48. The van der Waals surface area contributed by atoms with Gasteiger partial charge in [-0.25, -0.2) is 0 Å². The van der Waals surface area contributed by atoms with Crippen molar-refractivity contribution in [2.75, 3.05) is 0 Å². The summed E-state index contributed by atoms with van der Waals surface area (Å²) in [6.07, 6.45) is 3.90. The fourth-order valence-electron chi connectivity index (χ4n) is 3.80. The summed E-state index contributed by atoms with van der Waals surface area (Å²) in [4.78, 5) is 3.66. The third-order valence-electron chi connectivity index (χ3n) is 4.73. The van der Waals surface area contributed by atoms with Gasteiger partial charge in [0.2, 0.25) is 0 Å². The first-order valence-corrected chi connectivity index (χ1v) is 7.28. The number of hydrogen-bond donors (Lipinski definition) is 1. The molecule has 1 N–H and O–H groups in total. The van der Waals surface area contributed by atoms with E-state index in [1.807, 2.05) is 0 Å². The van der Waals surface area contributed by atoms with Crippen molar-refractivity contribution in [3.63, 3.8) is 0 Å². The average Bonchev–Trinajstić information content (AvgIpc) is 2.78. The van der Waals surface area contributed by atoms with E-state index in [1.165, 1.54) is 46.6 Å². The molecule has 1 aliphatic carbocycles. The molecule has 1 aliphatic rings. The van der Waals surface area contributed by atoms with Crippen LogP contribution in [0.1, 0.15) is 42.4 Å². The maximum absolute atomic E-state index is 3.66. The predicted molar refractivity (Wildman–Crippen MR) is 81.9 cm³/mol. The second kappa shape index (κ2) is 3.86. The molecule has 0 aliphatic heterocycles. The zero-order valence-electron chi connectivity index (χ0n) is 11.6. The molecule has 0 fully saturated rings. The van der Waals surface area contributed by atoms with Gasteiger partial charge in [0.05, 0.1) is 5.52 Å². The molecule has 1 nitrogen and oxygen atoms in total. The monoisotopic (exact) mass is 249 g/mol. The molecule has 0 saturated heterocycles. The van der Waals surface area contributed by atoms with Gasteiger partial charge < -0.3 is 4.98 Å². The van der Waals surface area contributed by atoms with Crippen LogP contribution in [0.2, 0.25) is 0 Å². The van der Waals surface area contributed by atoms with Gasteiger partial charge >= 0.3 is 0 Å². The molecule has 0 saturated carbocycles.